The van der Waals surface area contributed by atoms with Gasteiger partial charge in [0.2, 0.25) is 0 Å². The third-order valence-electron chi connectivity index (χ3n) is 5.91. The van der Waals surface area contributed by atoms with Gasteiger partial charge in [-0.3, -0.25) is 0 Å². The van der Waals surface area contributed by atoms with Crippen LogP contribution in [0.3, 0.4) is 0 Å². The van der Waals surface area contributed by atoms with Crippen LogP contribution in [0.15, 0.2) is 36.5 Å². The number of rotatable bonds is 3. The maximum Gasteiger partial charge on any atom is 0.410 e. The Kier molecular flexibility index (Phi) is 4.35. The second-order valence-corrected chi connectivity index (χ2v) is 8.08. The van der Waals surface area contributed by atoms with Crippen LogP contribution in [0, 0.1) is 0 Å². The van der Waals surface area contributed by atoms with Crippen molar-refractivity contribution in [2.24, 2.45) is 0 Å². The Morgan fingerprint density at radius 2 is 2.07 bits per heavy atom. The maximum absolute atomic E-state index is 12.0. The fourth-order valence-electron chi connectivity index (χ4n) is 4.20. The molecule has 2 aromatic heterocycles. The molecule has 2 fully saturated rings. The zero-order valence-electron chi connectivity index (χ0n) is 16.2. The standard InChI is InChI=1S/C21H22ClN5O2/c1-2-26-13-21(29-20(26)28)7-9-27(10-8-21)18-11-14(15(22)12-23-18)19-24-16-5-3-4-6-17(16)25-19/h3-6,11-12H,2,7-10,13H2,1H3,(H,24,25). The number of fused-ring (bicyclic) bond motifs is 1. The molecule has 7 nitrogen and oxygen atoms in total. The van der Waals surface area contributed by atoms with Gasteiger partial charge in [0, 0.05) is 44.2 Å². The molecule has 1 N–H and O–H groups in total. The topological polar surface area (TPSA) is 74.3 Å². The molecule has 3 aromatic rings. The first-order valence-corrected chi connectivity index (χ1v) is 10.3. The number of hydrogen-bond acceptors (Lipinski definition) is 5. The van der Waals surface area contributed by atoms with Crippen LogP contribution < -0.4 is 4.90 Å². The monoisotopic (exact) mass is 411 g/mol. The second kappa shape index (κ2) is 6.91. The van der Waals surface area contributed by atoms with Gasteiger partial charge in [0.15, 0.2) is 0 Å². The summed E-state index contributed by atoms with van der Waals surface area (Å²) in [4.78, 5) is 28.5. The van der Waals surface area contributed by atoms with Gasteiger partial charge in [-0.1, -0.05) is 23.7 Å². The van der Waals surface area contributed by atoms with E-state index in [-0.39, 0.29) is 11.7 Å². The number of carbonyl (C=O) groups is 1. The number of anilines is 1. The molecule has 8 heteroatoms. The van der Waals surface area contributed by atoms with Crippen LogP contribution in [-0.2, 0) is 4.74 Å². The zero-order chi connectivity index (χ0) is 20.0. The van der Waals surface area contributed by atoms with Gasteiger partial charge in [0.1, 0.15) is 17.2 Å². The Bertz CT molecular complexity index is 1040. The van der Waals surface area contributed by atoms with Gasteiger partial charge >= 0.3 is 6.09 Å². The number of nitrogens with one attached hydrogen (secondary N) is 1. The van der Waals surface area contributed by atoms with Crippen molar-refractivity contribution in [3.63, 3.8) is 0 Å². The van der Waals surface area contributed by atoms with Crippen molar-refractivity contribution in [1.29, 1.82) is 0 Å². The highest BCUT2D eigenvalue weighted by molar-refractivity contribution is 6.33. The third kappa shape index (κ3) is 3.19. The van der Waals surface area contributed by atoms with Crippen molar-refractivity contribution in [3.8, 4) is 11.4 Å². The first-order chi connectivity index (χ1) is 14.1. The molecule has 5 rings (SSSR count). The minimum atomic E-state index is -0.364. The number of carbonyl (C=O) groups excluding carboxylic acids is 1. The van der Waals surface area contributed by atoms with E-state index in [4.69, 9.17) is 16.3 Å². The average molecular weight is 412 g/mol. The number of likely N-dealkylation sites (N-methyl/N-ethyl adjacent to an activating group) is 1. The number of ether oxygens (including phenoxy) is 1. The van der Waals surface area contributed by atoms with E-state index in [0.717, 1.165) is 54.2 Å². The molecule has 0 saturated carbocycles. The van der Waals surface area contributed by atoms with E-state index in [0.29, 0.717) is 18.1 Å². The molecule has 1 aromatic carbocycles. The number of para-hydroxylation sites is 2. The Hall–Kier alpha value is -2.80. The molecule has 2 aliphatic rings. The predicted octanol–water partition coefficient (Wildman–Crippen LogP) is 4.09. The summed E-state index contributed by atoms with van der Waals surface area (Å²) in [5.74, 6) is 1.59. The first kappa shape index (κ1) is 18.2. The molecule has 2 aliphatic heterocycles. The quantitative estimate of drug-likeness (QED) is 0.702. The van der Waals surface area contributed by atoms with Gasteiger partial charge in [-0.05, 0) is 25.1 Å². The van der Waals surface area contributed by atoms with Crippen LogP contribution in [0.4, 0.5) is 10.6 Å². The summed E-state index contributed by atoms with van der Waals surface area (Å²) in [6.45, 7) is 4.89. The van der Waals surface area contributed by atoms with E-state index in [1.807, 2.05) is 37.3 Å². The highest BCUT2D eigenvalue weighted by Crippen LogP contribution is 2.36. The van der Waals surface area contributed by atoms with E-state index < -0.39 is 0 Å². The lowest BCUT2D eigenvalue weighted by Gasteiger charge is -2.38. The SMILES string of the molecule is CCN1CC2(CCN(c3cc(-c4nc5ccccc5[nH]4)c(Cl)cn3)CC2)OC1=O. The smallest absolute Gasteiger partial charge is 0.410 e. The molecule has 1 spiro atoms. The largest absolute Gasteiger partial charge is 0.441 e. The lowest BCUT2D eigenvalue weighted by Crippen LogP contribution is -2.47. The number of nitrogens with zero attached hydrogens (tertiary/aromatic N) is 4. The Labute approximate surface area is 173 Å². The first-order valence-electron chi connectivity index (χ1n) is 9.90. The number of amides is 1. The van der Waals surface area contributed by atoms with Crippen molar-refractivity contribution < 1.29 is 9.53 Å². The molecule has 0 unspecified atom stereocenters. The zero-order valence-corrected chi connectivity index (χ0v) is 16.9. The lowest BCUT2D eigenvalue weighted by molar-refractivity contribution is 0.0366. The predicted molar refractivity (Wildman–Crippen MR) is 112 cm³/mol. The van der Waals surface area contributed by atoms with Crippen molar-refractivity contribution >= 4 is 34.5 Å². The van der Waals surface area contributed by atoms with Crippen molar-refractivity contribution in [1.82, 2.24) is 19.9 Å². The highest BCUT2D eigenvalue weighted by atomic mass is 35.5. The van der Waals surface area contributed by atoms with Gasteiger partial charge in [-0.15, -0.1) is 0 Å². The fraction of sp³-hybridized carbons (Fsp3) is 0.381. The molecule has 0 bridgehead atoms. The molecule has 0 aliphatic carbocycles. The number of aromatic nitrogens is 3. The molecule has 0 radical (unpaired) electrons. The van der Waals surface area contributed by atoms with Gasteiger partial charge in [0.25, 0.3) is 0 Å². The third-order valence-corrected chi connectivity index (χ3v) is 6.21. The summed E-state index contributed by atoms with van der Waals surface area (Å²) in [5, 5.41) is 0.560. The van der Waals surface area contributed by atoms with E-state index in [1.165, 1.54) is 0 Å². The number of halogens is 1. The second-order valence-electron chi connectivity index (χ2n) is 7.68. The minimum Gasteiger partial charge on any atom is -0.441 e. The summed E-state index contributed by atoms with van der Waals surface area (Å²) in [6, 6.07) is 9.89. The lowest BCUT2D eigenvalue weighted by atomic mass is 9.91. The van der Waals surface area contributed by atoms with Crippen molar-refractivity contribution in [2.45, 2.75) is 25.4 Å². The molecule has 0 atom stereocenters. The van der Waals surface area contributed by atoms with Crippen molar-refractivity contribution in [3.05, 3.63) is 41.6 Å². The van der Waals surface area contributed by atoms with Crippen LogP contribution in [0.5, 0.6) is 0 Å². The van der Waals surface area contributed by atoms with Crippen LogP contribution >= 0.6 is 11.6 Å². The number of pyridine rings is 1. The Balaban J connectivity index is 1.38. The summed E-state index contributed by atoms with van der Waals surface area (Å²) in [7, 11) is 0. The number of H-pyrrole nitrogens is 1. The van der Waals surface area contributed by atoms with Gasteiger partial charge in [-0.25, -0.2) is 14.8 Å². The van der Waals surface area contributed by atoms with Gasteiger partial charge in [0.05, 0.1) is 22.6 Å². The Morgan fingerprint density at radius 3 is 2.79 bits per heavy atom. The highest BCUT2D eigenvalue weighted by Gasteiger charge is 2.46. The maximum atomic E-state index is 12.0. The van der Waals surface area contributed by atoms with E-state index in [2.05, 4.69) is 19.9 Å². The molecule has 1 amide bonds. The molecular formula is C21H22ClN5O2. The minimum absolute atomic E-state index is 0.197. The van der Waals surface area contributed by atoms with Crippen molar-refractivity contribution in [2.75, 3.05) is 31.1 Å². The summed E-state index contributed by atoms with van der Waals surface area (Å²) < 4.78 is 5.73. The van der Waals surface area contributed by atoms with E-state index >= 15 is 0 Å². The van der Waals surface area contributed by atoms with Gasteiger partial charge in [-0.2, -0.15) is 0 Å². The number of piperidine rings is 1. The molecule has 150 valence electrons. The van der Waals surface area contributed by atoms with Crippen LogP contribution in [-0.4, -0.2) is 57.7 Å². The summed E-state index contributed by atoms with van der Waals surface area (Å²) in [5.41, 5.74) is 2.34. The molecule has 4 heterocycles. The normalized spacial score (nSPS) is 18.6. The summed E-state index contributed by atoms with van der Waals surface area (Å²) >= 11 is 6.44. The number of imidazole rings is 1. The Morgan fingerprint density at radius 1 is 1.28 bits per heavy atom. The van der Waals surface area contributed by atoms with E-state index in [9.17, 15) is 4.79 Å². The fourth-order valence-corrected chi connectivity index (χ4v) is 4.39. The molecular weight excluding hydrogens is 390 g/mol. The number of benzene rings is 1. The van der Waals surface area contributed by atoms with Crippen LogP contribution in [0.25, 0.3) is 22.4 Å². The van der Waals surface area contributed by atoms with Crippen LogP contribution in [0.1, 0.15) is 19.8 Å². The van der Waals surface area contributed by atoms with E-state index in [1.54, 1.807) is 11.1 Å². The molecule has 29 heavy (non-hydrogen) atoms. The average Bonchev–Trinajstić information content (AvgIpc) is 3.30. The number of aromatic amines is 1. The van der Waals surface area contributed by atoms with Gasteiger partial charge < -0.3 is 19.5 Å². The molecule has 2 saturated heterocycles. The summed E-state index contributed by atoms with van der Waals surface area (Å²) in [6.07, 6.45) is 3.06. The number of hydrogen-bond donors (Lipinski definition) is 1. The van der Waals surface area contributed by atoms with Crippen LogP contribution in [0.2, 0.25) is 5.02 Å².